The summed E-state index contributed by atoms with van der Waals surface area (Å²) >= 11 is 0. The predicted molar refractivity (Wildman–Crippen MR) is 61.9 cm³/mol. The standard InChI is InChI=1S/C12H14F11NO2/c1-24(2,6-7(25)26)5-3-4-8(13,14)9(15,16)10(17,18)11(19,20)12(21,22)23/h3-6H2,1-2H3. The van der Waals surface area contributed by atoms with Crippen molar-refractivity contribution < 1.29 is 62.7 Å². The maximum absolute atomic E-state index is 13.4. The Morgan fingerprint density at radius 3 is 1.58 bits per heavy atom. The van der Waals surface area contributed by atoms with Crippen LogP contribution in [0.1, 0.15) is 12.8 Å². The highest BCUT2D eigenvalue weighted by Gasteiger charge is 2.86. The lowest BCUT2D eigenvalue weighted by atomic mass is 9.95. The van der Waals surface area contributed by atoms with Crippen LogP contribution in [0.5, 0.6) is 0 Å². The lowest BCUT2D eigenvalue weighted by Crippen LogP contribution is -2.66. The number of carbonyl (C=O) groups excluding carboxylic acids is 1. The van der Waals surface area contributed by atoms with Gasteiger partial charge in [-0.15, -0.1) is 0 Å². The average Bonchev–Trinajstić information content (AvgIpc) is 2.34. The molecule has 3 nitrogen and oxygen atoms in total. The van der Waals surface area contributed by atoms with Gasteiger partial charge >= 0.3 is 29.9 Å². The highest BCUT2D eigenvalue weighted by molar-refractivity contribution is 5.65. The first-order valence-electron chi connectivity index (χ1n) is 6.72. The smallest absolute Gasteiger partial charge is 0.460 e. The molecule has 0 heterocycles. The largest absolute Gasteiger partial charge is 0.544 e. The van der Waals surface area contributed by atoms with E-state index in [0.29, 0.717) is 0 Å². The van der Waals surface area contributed by atoms with E-state index >= 15 is 0 Å². The number of alkyl halides is 11. The van der Waals surface area contributed by atoms with E-state index < -0.39 is 66.2 Å². The zero-order valence-corrected chi connectivity index (χ0v) is 13.2. The molecule has 0 saturated carbocycles. The fourth-order valence-corrected chi connectivity index (χ4v) is 1.92. The third-order valence-electron chi connectivity index (χ3n) is 3.42. The molecule has 156 valence electrons. The number of hydrogen-bond donors (Lipinski definition) is 0. The summed E-state index contributed by atoms with van der Waals surface area (Å²) in [6.07, 6.45) is -10.4. The summed E-state index contributed by atoms with van der Waals surface area (Å²) in [5, 5.41) is 10.4. The van der Waals surface area contributed by atoms with Crippen LogP contribution in [0.3, 0.4) is 0 Å². The molecular weight excluding hydrogens is 399 g/mol. The molecular formula is C12H14F11NO2. The van der Waals surface area contributed by atoms with Crippen molar-refractivity contribution in [2.75, 3.05) is 27.2 Å². The Balaban J connectivity index is 5.41. The number of carbonyl (C=O) groups is 1. The van der Waals surface area contributed by atoms with Crippen molar-refractivity contribution in [3.05, 3.63) is 0 Å². The number of aliphatic carboxylic acids is 1. The molecule has 0 amide bonds. The average molecular weight is 413 g/mol. The number of rotatable bonds is 9. The van der Waals surface area contributed by atoms with Crippen molar-refractivity contribution in [2.24, 2.45) is 0 Å². The van der Waals surface area contributed by atoms with Crippen molar-refractivity contribution in [3.8, 4) is 0 Å². The fraction of sp³-hybridized carbons (Fsp3) is 0.917. The van der Waals surface area contributed by atoms with Crippen molar-refractivity contribution >= 4 is 5.97 Å². The Kier molecular flexibility index (Phi) is 6.64. The van der Waals surface area contributed by atoms with Gasteiger partial charge in [-0.3, -0.25) is 0 Å². The summed E-state index contributed by atoms with van der Waals surface area (Å²) in [5.41, 5.74) is 0. The van der Waals surface area contributed by atoms with Crippen LogP contribution < -0.4 is 5.11 Å². The second kappa shape index (κ2) is 7.00. The van der Waals surface area contributed by atoms with Crippen molar-refractivity contribution in [1.29, 1.82) is 0 Å². The molecule has 0 bridgehead atoms. The number of nitrogens with zero attached hydrogens (tertiary/aromatic N) is 1. The molecule has 0 atom stereocenters. The minimum absolute atomic E-state index is 0.610. The van der Waals surface area contributed by atoms with Gasteiger partial charge < -0.3 is 14.4 Å². The van der Waals surface area contributed by atoms with Gasteiger partial charge in [-0.2, -0.15) is 48.3 Å². The molecule has 0 radical (unpaired) electrons. The van der Waals surface area contributed by atoms with E-state index in [2.05, 4.69) is 0 Å². The normalized spacial score (nSPS) is 15.3. The second-order valence-corrected chi connectivity index (χ2v) is 6.22. The van der Waals surface area contributed by atoms with Gasteiger partial charge in [-0.05, 0) is 0 Å². The first kappa shape index (κ1) is 24.7. The van der Waals surface area contributed by atoms with Crippen molar-refractivity contribution in [3.63, 3.8) is 0 Å². The lowest BCUT2D eigenvalue weighted by molar-refractivity contribution is -0.885. The van der Waals surface area contributed by atoms with Crippen LogP contribution in [0.25, 0.3) is 0 Å². The summed E-state index contributed by atoms with van der Waals surface area (Å²) < 4.78 is 140. The summed E-state index contributed by atoms with van der Waals surface area (Å²) in [4.78, 5) is 10.4. The third-order valence-corrected chi connectivity index (χ3v) is 3.42. The van der Waals surface area contributed by atoms with Gasteiger partial charge in [-0.1, -0.05) is 0 Å². The summed E-state index contributed by atoms with van der Waals surface area (Å²) in [5.74, 6) is -29.4. The molecule has 14 heteroatoms. The molecule has 26 heavy (non-hydrogen) atoms. The first-order valence-corrected chi connectivity index (χ1v) is 6.72. The third kappa shape index (κ3) is 4.68. The summed E-state index contributed by atoms with van der Waals surface area (Å²) in [6.45, 7) is -1.38. The number of halogens is 11. The molecule has 0 aliphatic heterocycles. The van der Waals surface area contributed by atoms with E-state index in [1.54, 1.807) is 0 Å². The Morgan fingerprint density at radius 1 is 0.808 bits per heavy atom. The zero-order valence-electron chi connectivity index (χ0n) is 13.2. The van der Waals surface area contributed by atoms with E-state index in [1.807, 2.05) is 0 Å². The topological polar surface area (TPSA) is 40.1 Å². The minimum Gasteiger partial charge on any atom is -0.544 e. The quantitative estimate of drug-likeness (QED) is 0.431. The van der Waals surface area contributed by atoms with E-state index in [-0.39, 0.29) is 0 Å². The highest BCUT2D eigenvalue weighted by Crippen LogP contribution is 2.58. The van der Waals surface area contributed by atoms with Gasteiger partial charge in [0.15, 0.2) is 0 Å². The SMILES string of the molecule is C[N+](C)(CCCC(F)(F)C(F)(F)C(F)(F)C(F)(F)C(F)(F)F)CC(=O)[O-]. The van der Waals surface area contributed by atoms with Crippen LogP contribution >= 0.6 is 0 Å². The van der Waals surface area contributed by atoms with Crippen molar-refractivity contribution in [2.45, 2.75) is 42.7 Å². The monoisotopic (exact) mass is 413 g/mol. The van der Waals surface area contributed by atoms with Gasteiger partial charge in [0.25, 0.3) is 0 Å². The molecule has 0 fully saturated rings. The van der Waals surface area contributed by atoms with Gasteiger partial charge in [-0.25, -0.2) is 0 Å². The van der Waals surface area contributed by atoms with Crippen LogP contribution in [-0.2, 0) is 4.79 Å². The minimum atomic E-state index is -7.42. The fourth-order valence-electron chi connectivity index (χ4n) is 1.92. The molecule has 0 unspecified atom stereocenters. The van der Waals surface area contributed by atoms with E-state index in [9.17, 15) is 58.2 Å². The Bertz CT molecular complexity index is 514. The van der Waals surface area contributed by atoms with E-state index in [4.69, 9.17) is 0 Å². The summed E-state index contributed by atoms with van der Waals surface area (Å²) in [6, 6.07) is 0. The van der Waals surface area contributed by atoms with Gasteiger partial charge in [0.1, 0.15) is 6.54 Å². The molecule has 0 rings (SSSR count). The van der Waals surface area contributed by atoms with Gasteiger partial charge in [0.05, 0.1) is 26.6 Å². The van der Waals surface area contributed by atoms with Crippen molar-refractivity contribution in [1.82, 2.24) is 0 Å². The van der Waals surface area contributed by atoms with Crippen LogP contribution in [-0.4, -0.2) is 67.5 Å². The number of quaternary nitrogens is 1. The number of likely N-dealkylation sites (N-methyl/N-ethyl adjacent to an activating group) is 1. The molecule has 0 N–H and O–H groups in total. The zero-order chi connectivity index (χ0) is 21.4. The Morgan fingerprint density at radius 2 is 1.23 bits per heavy atom. The molecule has 0 aromatic rings. The number of carboxylic acid groups (broad SMARTS) is 1. The molecule has 0 aromatic carbocycles. The predicted octanol–water partition coefficient (Wildman–Crippen LogP) is 2.70. The molecule has 0 aliphatic rings. The van der Waals surface area contributed by atoms with Crippen LogP contribution in [0.4, 0.5) is 48.3 Å². The van der Waals surface area contributed by atoms with Crippen LogP contribution in [0.15, 0.2) is 0 Å². The van der Waals surface area contributed by atoms with Gasteiger partial charge in [0, 0.05) is 12.8 Å². The number of carboxylic acids is 1. The molecule has 0 saturated heterocycles. The maximum atomic E-state index is 13.4. The Hall–Kier alpha value is -1.34. The lowest BCUT2D eigenvalue weighted by Gasteiger charge is -2.37. The van der Waals surface area contributed by atoms with E-state index in [1.165, 1.54) is 0 Å². The maximum Gasteiger partial charge on any atom is 0.460 e. The summed E-state index contributed by atoms with van der Waals surface area (Å²) in [7, 11) is 2.25. The van der Waals surface area contributed by atoms with Crippen LogP contribution in [0.2, 0.25) is 0 Å². The molecule has 0 aliphatic carbocycles. The highest BCUT2D eigenvalue weighted by atomic mass is 19.4. The Labute approximate surface area is 140 Å². The first-order chi connectivity index (χ1) is 11.1. The second-order valence-electron chi connectivity index (χ2n) is 6.22. The molecule has 0 spiro atoms. The van der Waals surface area contributed by atoms with Crippen LogP contribution in [0, 0.1) is 0 Å². The number of hydrogen-bond acceptors (Lipinski definition) is 2. The van der Waals surface area contributed by atoms with E-state index in [0.717, 1.165) is 14.1 Å². The molecule has 0 aromatic heterocycles. The van der Waals surface area contributed by atoms with Gasteiger partial charge in [0.2, 0.25) is 0 Å².